The van der Waals surface area contributed by atoms with Crippen LogP contribution in [0.1, 0.15) is 32.6 Å². The summed E-state index contributed by atoms with van der Waals surface area (Å²) in [5, 5.41) is 21.2. The number of hydrogen-bond donors (Lipinski definition) is 3. The predicted octanol–water partition coefficient (Wildman–Crippen LogP) is 0.551. The lowest BCUT2D eigenvalue weighted by Gasteiger charge is -2.06. The predicted molar refractivity (Wildman–Crippen MR) is 66.5 cm³/mol. The van der Waals surface area contributed by atoms with Crippen LogP contribution >= 0.6 is 0 Å². The minimum absolute atomic E-state index is 0.0244. The summed E-state index contributed by atoms with van der Waals surface area (Å²) in [6, 6.07) is 2.39. The van der Waals surface area contributed by atoms with Crippen LogP contribution in [0, 0.1) is 0 Å². The van der Waals surface area contributed by atoms with Gasteiger partial charge in [-0.05, 0) is 12.8 Å². The Morgan fingerprint density at radius 3 is 2.47 bits per heavy atom. The molecule has 0 bridgehead atoms. The molecule has 0 unspecified atom stereocenters. The standard InChI is InChI=1S/C12H18N2O5/c1-2-8-13-9(15)4-3-5-12(18)19-14-10(16)6-7-11(14)17/h6-7,16-17H,2-5,8H2,1H3,(H,13,15). The highest BCUT2D eigenvalue weighted by Gasteiger charge is 2.12. The van der Waals surface area contributed by atoms with Crippen molar-refractivity contribution < 1.29 is 24.6 Å². The molecular formula is C12H18N2O5. The fourth-order valence-electron chi connectivity index (χ4n) is 1.39. The van der Waals surface area contributed by atoms with Gasteiger partial charge in [0.15, 0.2) is 0 Å². The number of amides is 1. The van der Waals surface area contributed by atoms with Gasteiger partial charge < -0.3 is 20.4 Å². The molecule has 0 aliphatic rings. The molecule has 106 valence electrons. The molecule has 0 radical (unpaired) electrons. The van der Waals surface area contributed by atoms with E-state index < -0.39 is 5.97 Å². The molecule has 1 aromatic heterocycles. The van der Waals surface area contributed by atoms with Crippen LogP contribution in [-0.2, 0) is 9.59 Å². The first-order valence-corrected chi connectivity index (χ1v) is 6.12. The zero-order valence-corrected chi connectivity index (χ0v) is 10.8. The molecule has 1 amide bonds. The van der Waals surface area contributed by atoms with E-state index in [4.69, 9.17) is 4.84 Å². The van der Waals surface area contributed by atoms with Crippen LogP contribution < -0.4 is 10.2 Å². The number of rotatable bonds is 7. The molecule has 19 heavy (non-hydrogen) atoms. The maximum absolute atomic E-state index is 11.4. The summed E-state index contributed by atoms with van der Waals surface area (Å²) in [5.74, 6) is -1.48. The largest absolute Gasteiger partial charge is 0.492 e. The molecule has 0 fully saturated rings. The first-order chi connectivity index (χ1) is 9.04. The molecule has 0 aliphatic carbocycles. The molecule has 1 heterocycles. The van der Waals surface area contributed by atoms with Gasteiger partial charge in [0.2, 0.25) is 17.7 Å². The zero-order valence-electron chi connectivity index (χ0n) is 10.8. The van der Waals surface area contributed by atoms with E-state index in [1.54, 1.807) is 0 Å². The number of hydrogen-bond acceptors (Lipinski definition) is 5. The monoisotopic (exact) mass is 270 g/mol. The summed E-state index contributed by atoms with van der Waals surface area (Å²) < 4.78 is 0.624. The van der Waals surface area contributed by atoms with E-state index in [1.165, 1.54) is 12.1 Å². The second-order valence-electron chi connectivity index (χ2n) is 4.01. The Kier molecular flexibility index (Phi) is 5.72. The molecule has 0 saturated heterocycles. The Morgan fingerprint density at radius 1 is 1.26 bits per heavy atom. The van der Waals surface area contributed by atoms with E-state index in [0.717, 1.165) is 6.42 Å². The van der Waals surface area contributed by atoms with Gasteiger partial charge in [-0.3, -0.25) is 4.79 Å². The highest BCUT2D eigenvalue weighted by atomic mass is 16.7. The molecule has 7 nitrogen and oxygen atoms in total. The van der Waals surface area contributed by atoms with Crippen LogP contribution in [0.3, 0.4) is 0 Å². The van der Waals surface area contributed by atoms with Gasteiger partial charge in [0.1, 0.15) is 0 Å². The van der Waals surface area contributed by atoms with E-state index >= 15 is 0 Å². The van der Waals surface area contributed by atoms with Crippen LogP contribution in [0.2, 0.25) is 0 Å². The third-order valence-electron chi connectivity index (χ3n) is 2.35. The molecule has 3 N–H and O–H groups in total. The third kappa shape index (κ3) is 4.90. The fraction of sp³-hybridized carbons (Fsp3) is 0.500. The molecule has 7 heteroatoms. The van der Waals surface area contributed by atoms with Gasteiger partial charge in [-0.25, -0.2) is 4.79 Å². The summed E-state index contributed by atoms with van der Waals surface area (Å²) in [7, 11) is 0. The lowest BCUT2D eigenvalue weighted by Crippen LogP contribution is -2.24. The molecule has 1 aromatic rings. The molecule has 0 spiro atoms. The van der Waals surface area contributed by atoms with Crippen LogP contribution in [-0.4, -0.2) is 33.4 Å². The number of carbonyl (C=O) groups is 2. The van der Waals surface area contributed by atoms with Crippen molar-refractivity contribution in [2.45, 2.75) is 32.6 Å². The lowest BCUT2D eigenvalue weighted by molar-refractivity contribution is -0.145. The molecular weight excluding hydrogens is 252 g/mol. The van der Waals surface area contributed by atoms with E-state index in [1.807, 2.05) is 6.92 Å². The highest BCUT2D eigenvalue weighted by molar-refractivity contribution is 5.77. The Morgan fingerprint density at radius 2 is 1.89 bits per heavy atom. The van der Waals surface area contributed by atoms with E-state index in [9.17, 15) is 19.8 Å². The normalized spacial score (nSPS) is 10.2. The quantitative estimate of drug-likeness (QED) is 0.671. The van der Waals surface area contributed by atoms with Crippen molar-refractivity contribution >= 4 is 11.9 Å². The summed E-state index contributed by atoms with van der Waals surface area (Å²) in [4.78, 5) is 27.4. The second kappa shape index (κ2) is 7.30. The summed E-state index contributed by atoms with van der Waals surface area (Å²) in [6.07, 6.45) is 1.46. The molecule has 0 aliphatic heterocycles. The Hall–Kier alpha value is -2.18. The van der Waals surface area contributed by atoms with Gasteiger partial charge in [0, 0.05) is 31.5 Å². The van der Waals surface area contributed by atoms with Gasteiger partial charge in [-0.2, -0.15) is 0 Å². The van der Waals surface area contributed by atoms with Gasteiger partial charge in [0.25, 0.3) is 0 Å². The minimum Gasteiger partial charge on any atom is -0.492 e. The number of aromatic hydroxyl groups is 2. The topological polar surface area (TPSA) is 101 Å². The molecule has 0 saturated carbocycles. The van der Waals surface area contributed by atoms with E-state index in [-0.39, 0.29) is 30.5 Å². The summed E-state index contributed by atoms with van der Waals surface area (Å²) in [5.41, 5.74) is 0. The van der Waals surface area contributed by atoms with Gasteiger partial charge >= 0.3 is 5.97 Å². The summed E-state index contributed by atoms with van der Waals surface area (Å²) in [6.45, 7) is 2.57. The molecule has 0 aromatic carbocycles. The highest BCUT2D eigenvalue weighted by Crippen LogP contribution is 2.18. The Balaban J connectivity index is 2.27. The number of aromatic nitrogens is 1. The Bertz CT molecular complexity index is 422. The van der Waals surface area contributed by atoms with Crippen molar-refractivity contribution in [3.8, 4) is 11.8 Å². The average Bonchev–Trinajstić information content (AvgIpc) is 2.68. The number of nitrogens with zero attached hydrogens (tertiary/aromatic N) is 1. The second-order valence-corrected chi connectivity index (χ2v) is 4.01. The van der Waals surface area contributed by atoms with Crippen molar-refractivity contribution in [3.05, 3.63) is 12.1 Å². The van der Waals surface area contributed by atoms with Crippen LogP contribution in [0.25, 0.3) is 0 Å². The number of carbonyl (C=O) groups excluding carboxylic acids is 2. The smallest absolute Gasteiger partial charge is 0.333 e. The first kappa shape index (κ1) is 14.9. The van der Waals surface area contributed by atoms with Crippen molar-refractivity contribution in [1.29, 1.82) is 0 Å². The van der Waals surface area contributed by atoms with Crippen LogP contribution in [0.4, 0.5) is 0 Å². The molecule has 1 rings (SSSR count). The third-order valence-corrected chi connectivity index (χ3v) is 2.35. The summed E-state index contributed by atoms with van der Waals surface area (Å²) >= 11 is 0. The number of nitrogens with one attached hydrogen (secondary N) is 1. The maximum Gasteiger partial charge on any atom is 0.333 e. The van der Waals surface area contributed by atoms with Crippen molar-refractivity contribution in [2.75, 3.05) is 6.54 Å². The zero-order chi connectivity index (χ0) is 14.3. The fourth-order valence-corrected chi connectivity index (χ4v) is 1.39. The van der Waals surface area contributed by atoms with Gasteiger partial charge in [0.05, 0.1) is 0 Å². The lowest BCUT2D eigenvalue weighted by atomic mass is 10.2. The Labute approximate surface area is 110 Å². The van der Waals surface area contributed by atoms with Crippen molar-refractivity contribution in [3.63, 3.8) is 0 Å². The SMILES string of the molecule is CCCNC(=O)CCCC(=O)On1c(O)ccc1O. The molecule has 0 atom stereocenters. The van der Waals surface area contributed by atoms with Crippen LogP contribution in [0.5, 0.6) is 11.8 Å². The first-order valence-electron chi connectivity index (χ1n) is 6.12. The van der Waals surface area contributed by atoms with E-state index in [2.05, 4.69) is 5.32 Å². The van der Waals surface area contributed by atoms with Gasteiger partial charge in [-0.15, -0.1) is 4.73 Å². The minimum atomic E-state index is -0.634. The van der Waals surface area contributed by atoms with Gasteiger partial charge in [-0.1, -0.05) is 6.92 Å². The van der Waals surface area contributed by atoms with Crippen molar-refractivity contribution in [2.24, 2.45) is 0 Å². The van der Waals surface area contributed by atoms with Crippen LogP contribution in [0.15, 0.2) is 12.1 Å². The van der Waals surface area contributed by atoms with Crippen molar-refractivity contribution in [1.82, 2.24) is 10.0 Å². The van der Waals surface area contributed by atoms with E-state index in [0.29, 0.717) is 17.7 Å². The average molecular weight is 270 g/mol. The maximum atomic E-state index is 11.4.